The second-order valence-electron chi connectivity index (χ2n) is 6.49. The highest BCUT2D eigenvalue weighted by atomic mass is 35.5. The van der Waals surface area contributed by atoms with Gasteiger partial charge in [0, 0.05) is 29.9 Å². The molecule has 2 aliphatic heterocycles. The molecule has 0 spiro atoms. The second kappa shape index (κ2) is 6.13. The molecule has 5 nitrogen and oxygen atoms in total. The maximum Gasteiger partial charge on any atom is 0.274 e. The van der Waals surface area contributed by atoms with Gasteiger partial charge in [-0.05, 0) is 37.3 Å². The van der Waals surface area contributed by atoms with Crippen molar-refractivity contribution in [2.24, 2.45) is 0 Å². The van der Waals surface area contributed by atoms with Crippen LogP contribution in [-0.4, -0.2) is 30.1 Å². The van der Waals surface area contributed by atoms with E-state index in [9.17, 15) is 9.59 Å². The Hall–Kier alpha value is -2.01. The van der Waals surface area contributed by atoms with Crippen molar-refractivity contribution >= 4 is 34.5 Å². The van der Waals surface area contributed by atoms with Crippen molar-refractivity contribution in [3.05, 3.63) is 39.7 Å². The molecule has 1 atom stereocenters. The molecule has 1 fully saturated rings. The number of aromatic nitrogens is 1. The molecule has 1 aromatic carbocycles. The molecule has 1 N–H and O–H groups in total. The van der Waals surface area contributed by atoms with Crippen LogP contribution in [0.2, 0.25) is 0 Å². The Balaban J connectivity index is 2.05. The molecule has 0 radical (unpaired) electrons. The smallest absolute Gasteiger partial charge is 0.274 e. The minimum absolute atomic E-state index is 0.00910. The van der Waals surface area contributed by atoms with Gasteiger partial charge in [-0.3, -0.25) is 9.80 Å². The lowest BCUT2D eigenvalue weighted by atomic mass is 10.0. The largest absolute Gasteiger partial charge is 0.384 e. The molecule has 2 aliphatic rings. The Morgan fingerprint density at radius 2 is 2.21 bits per heavy atom. The van der Waals surface area contributed by atoms with E-state index >= 15 is 0 Å². The quantitative estimate of drug-likeness (QED) is 0.685. The van der Waals surface area contributed by atoms with Gasteiger partial charge in [-0.15, -0.1) is 11.6 Å². The van der Waals surface area contributed by atoms with Crippen LogP contribution in [0.4, 0.5) is 5.69 Å². The van der Waals surface area contributed by atoms with Crippen molar-refractivity contribution in [2.45, 2.75) is 37.6 Å². The minimum atomic E-state index is -0.236. The number of hydrogen-bond acceptors (Lipinski definition) is 4. The number of benzene rings is 1. The summed E-state index contributed by atoms with van der Waals surface area (Å²) in [6, 6.07) is 5.77. The summed E-state index contributed by atoms with van der Waals surface area (Å²) in [5, 5.41) is 6.34. The van der Waals surface area contributed by atoms with E-state index in [0.29, 0.717) is 5.88 Å². The van der Waals surface area contributed by atoms with Crippen LogP contribution in [0, 0.1) is 0 Å². The predicted octanol–water partition coefficient (Wildman–Crippen LogP) is 2.40. The third kappa shape index (κ3) is 2.30. The lowest BCUT2D eigenvalue weighted by Crippen LogP contribution is -2.47. The van der Waals surface area contributed by atoms with Gasteiger partial charge in [0.25, 0.3) is 5.56 Å². The van der Waals surface area contributed by atoms with E-state index in [2.05, 4.69) is 5.32 Å². The van der Waals surface area contributed by atoms with Crippen LogP contribution in [0.5, 0.6) is 0 Å². The van der Waals surface area contributed by atoms with Gasteiger partial charge >= 0.3 is 0 Å². The highest BCUT2D eigenvalue weighted by Gasteiger charge is 2.29. The SMILES string of the molecule is O=C[C@@H]1CCCN1n1c(=O)c2c(c3ccc(CCl)cc31)NCCC2. The number of pyridine rings is 1. The third-order valence-electron chi connectivity index (χ3n) is 5.06. The summed E-state index contributed by atoms with van der Waals surface area (Å²) in [6.07, 6.45) is 4.39. The Labute approximate surface area is 145 Å². The number of fused-ring (bicyclic) bond motifs is 3. The number of halogens is 1. The van der Waals surface area contributed by atoms with Crippen LogP contribution < -0.4 is 15.9 Å². The molecule has 0 aliphatic carbocycles. The molecule has 126 valence electrons. The summed E-state index contributed by atoms with van der Waals surface area (Å²) >= 11 is 6.01. The molecule has 2 aromatic rings. The number of aldehydes is 1. The minimum Gasteiger partial charge on any atom is -0.384 e. The molecule has 1 aromatic heterocycles. The van der Waals surface area contributed by atoms with Crippen LogP contribution in [0.1, 0.15) is 30.4 Å². The zero-order chi connectivity index (χ0) is 16.7. The van der Waals surface area contributed by atoms with E-state index in [1.54, 1.807) is 4.68 Å². The summed E-state index contributed by atoms with van der Waals surface area (Å²) in [6.45, 7) is 1.60. The first-order chi connectivity index (χ1) is 11.7. The van der Waals surface area contributed by atoms with Crippen molar-refractivity contribution < 1.29 is 4.79 Å². The van der Waals surface area contributed by atoms with Crippen molar-refractivity contribution in [1.29, 1.82) is 0 Å². The molecule has 0 unspecified atom stereocenters. The number of hydrogen-bond donors (Lipinski definition) is 1. The van der Waals surface area contributed by atoms with Gasteiger partial charge in [-0.25, -0.2) is 4.68 Å². The van der Waals surface area contributed by atoms with Gasteiger partial charge in [0.05, 0.1) is 11.2 Å². The Kier molecular flexibility index (Phi) is 3.96. The summed E-state index contributed by atoms with van der Waals surface area (Å²) in [5.41, 5.74) is 3.56. The Morgan fingerprint density at radius 1 is 1.33 bits per heavy atom. The molecular formula is C18H20ClN3O2. The molecule has 0 bridgehead atoms. The maximum atomic E-state index is 13.2. The van der Waals surface area contributed by atoms with Crippen LogP contribution in [0.25, 0.3) is 10.9 Å². The van der Waals surface area contributed by atoms with Crippen molar-refractivity contribution in [3.63, 3.8) is 0 Å². The van der Waals surface area contributed by atoms with Crippen molar-refractivity contribution in [3.8, 4) is 0 Å². The fourth-order valence-electron chi connectivity index (χ4n) is 3.89. The van der Waals surface area contributed by atoms with Crippen LogP contribution in [0.15, 0.2) is 23.0 Å². The summed E-state index contributed by atoms with van der Waals surface area (Å²) < 4.78 is 1.73. The number of nitrogens with zero attached hydrogens (tertiary/aromatic N) is 2. The van der Waals surface area contributed by atoms with E-state index in [-0.39, 0.29) is 11.6 Å². The molecule has 6 heteroatoms. The first-order valence-electron chi connectivity index (χ1n) is 8.47. The monoisotopic (exact) mass is 345 g/mol. The van der Waals surface area contributed by atoms with Gasteiger partial charge in [0.2, 0.25) is 0 Å². The van der Waals surface area contributed by atoms with Crippen molar-refractivity contribution in [1.82, 2.24) is 4.68 Å². The number of rotatable bonds is 3. The van der Waals surface area contributed by atoms with E-state index in [0.717, 1.165) is 72.8 Å². The van der Waals surface area contributed by atoms with E-state index in [4.69, 9.17) is 11.6 Å². The van der Waals surface area contributed by atoms with Crippen LogP contribution in [-0.2, 0) is 17.1 Å². The topological polar surface area (TPSA) is 54.3 Å². The number of alkyl halides is 1. The lowest BCUT2D eigenvalue weighted by Gasteiger charge is -2.30. The highest BCUT2D eigenvalue weighted by molar-refractivity contribution is 6.17. The second-order valence-corrected chi connectivity index (χ2v) is 6.76. The average Bonchev–Trinajstić information content (AvgIpc) is 3.10. The van der Waals surface area contributed by atoms with Gasteiger partial charge in [0.15, 0.2) is 0 Å². The average molecular weight is 346 g/mol. The molecule has 1 saturated heterocycles. The molecular weight excluding hydrogens is 326 g/mol. The Morgan fingerprint density at radius 3 is 3.00 bits per heavy atom. The van der Waals surface area contributed by atoms with E-state index in [1.807, 2.05) is 23.2 Å². The highest BCUT2D eigenvalue weighted by Crippen LogP contribution is 2.30. The predicted molar refractivity (Wildman–Crippen MR) is 96.7 cm³/mol. The van der Waals surface area contributed by atoms with Gasteiger partial charge in [-0.2, -0.15) is 0 Å². The fourth-order valence-corrected chi connectivity index (χ4v) is 4.05. The van der Waals surface area contributed by atoms with Crippen molar-refractivity contribution in [2.75, 3.05) is 23.4 Å². The Bertz CT molecular complexity index is 861. The number of carbonyl (C=O) groups excluding carboxylic acids is 1. The summed E-state index contributed by atoms with van der Waals surface area (Å²) in [7, 11) is 0. The van der Waals surface area contributed by atoms with E-state index in [1.165, 1.54) is 0 Å². The molecule has 0 amide bonds. The van der Waals surface area contributed by atoms with Gasteiger partial charge < -0.3 is 10.1 Å². The van der Waals surface area contributed by atoms with Gasteiger partial charge in [0.1, 0.15) is 12.3 Å². The lowest BCUT2D eigenvalue weighted by molar-refractivity contribution is -0.109. The molecule has 24 heavy (non-hydrogen) atoms. The zero-order valence-corrected chi connectivity index (χ0v) is 14.2. The number of nitrogens with one attached hydrogen (secondary N) is 1. The zero-order valence-electron chi connectivity index (χ0n) is 13.4. The number of carbonyl (C=O) groups is 1. The molecule has 4 rings (SSSR count). The van der Waals surface area contributed by atoms with E-state index < -0.39 is 0 Å². The van der Waals surface area contributed by atoms with Gasteiger partial charge in [-0.1, -0.05) is 12.1 Å². The van der Waals surface area contributed by atoms with Crippen LogP contribution >= 0.6 is 11.6 Å². The normalized spacial score (nSPS) is 20.0. The fraction of sp³-hybridized carbons (Fsp3) is 0.444. The standard InChI is InChI=1S/C18H20ClN3O2/c19-10-12-5-6-14-16(9-12)22(21-8-2-3-13(21)11-23)18(24)15-4-1-7-20-17(14)15/h5-6,9,11,13,20H,1-4,7-8,10H2/t13-/m0/s1. The third-order valence-corrected chi connectivity index (χ3v) is 5.36. The summed E-state index contributed by atoms with van der Waals surface area (Å²) in [5.74, 6) is 0.395. The molecule has 0 saturated carbocycles. The number of anilines is 1. The molecule has 3 heterocycles. The maximum absolute atomic E-state index is 13.2. The van der Waals surface area contributed by atoms with Crippen LogP contribution in [0.3, 0.4) is 0 Å². The first-order valence-corrected chi connectivity index (χ1v) is 9.00. The summed E-state index contributed by atoms with van der Waals surface area (Å²) in [4.78, 5) is 24.7. The first kappa shape index (κ1) is 15.5.